The van der Waals surface area contributed by atoms with E-state index >= 15 is 0 Å². The number of halogens is 2. The average Bonchev–Trinajstić information content (AvgIpc) is 2.45. The van der Waals surface area contributed by atoms with Gasteiger partial charge in [0.25, 0.3) is 0 Å². The summed E-state index contributed by atoms with van der Waals surface area (Å²) in [5.41, 5.74) is 1.80. The molecule has 2 rings (SSSR count). The van der Waals surface area contributed by atoms with Crippen LogP contribution in [-0.2, 0) is 6.42 Å². The minimum atomic E-state index is -0.607. The molecule has 0 atom stereocenters. The molecule has 3 nitrogen and oxygen atoms in total. The van der Waals surface area contributed by atoms with Crippen LogP contribution >= 0.6 is 0 Å². The number of aryl methyl sites for hydroxylation is 1. The molecule has 1 heterocycles. The first kappa shape index (κ1) is 15.4. The molecular formula is C16H19F2N3. The zero-order chi connectivity index (χ0) is 15.4. The van der Waals surface area contributed by atoms with Gasteiger partial charge >= 0.3 is 0 Å². The SMILES string of the molecule is CCCNc1nc(CC)nc(-c2cc(F)cc(F)c2)c1C. The van der Waals surface area contributed by atoms with Crippen molar-refractivity contribution in [1.29, 1.82) is 0 Å². The maximum atomic E-state index is 13.4. The fourth-order valence-electron chi connectivity index (χ4n) is 2.11. The molecule has 0 saturated heterocycles. The smallest absolute Gasteiger partial charge is 0.133 e. The first-order valence-corrected chi connectivity index (χ1v) is 7.13. The highest BCUT2D eigenvalue weighted by molar-refractivity contribution is 5.68. The van der Waals surface area contributed by atoms with Crippen molar-refractivity contribution in [3.63, 3.8) is 0 Å². The Kier molecular flexibility index (Phi) is 4.83. The van der Waals surface area contributed by atoms with E-state index in [4.69, 9.17) is 0 Å². The first-order valence-electron chi connectivity index (χ1n) is 7.13. The highest BCUT2D eigenvalue weighted by Gasteiger charge is 2.13. The molecule has 0 unspecified atom stereocenters. The highest BCUT2D eigenvalue weighted by Crippen LogP contribution is 2.27. The molecule has 0 aliphatic carbocycles. The van der Waals surface area contributed by atoms with Crippen molar-refractivity contribution in [2.24, 2.45) is 0 Å². The molecule has 0 spiro atoms. The van der Waals surface area contributed by atoms with E-state index in [1.807, 2.05) is 13.8 Å². The molecule has 2 aromatic rings. The summed E-state index contributed by atoms with van der Waals surface area (Å²) in [7, 11) is 0. The Morgan fingerprint density at radius 2 is 1.71 bits per heavy atom. The molecular weight excluding hydrogens is 272 g/mol. The van der Waals surface area contributed by atoms with Crippen LogP contribution in [-0.4, -0.2) is 16.5 Å². The van der Waals surface area contributed by atoms with Crippen molar-refractivity contribution >= 4 is 5.82 Å². The third-order valence-electron chi connectivity index (χ3n) is 3.19. The van der Waals surface area contributed by atoms with E-state index in [2.05, 4.69) is 22.2 Å². The molecule has 1 N–H and O–H groups in total. The van der Waals surface area contributed by atoms with Gasteiger partial charge in [0.2, 0.25) is 0 Å². The summed E-state index contributed by atoms with van der Waals surface area (Å²) in [6.45, 7) is 6.66. The normalized spacial score (nSPS) is 10.7. The molecule has 0 aliphatic heterocycles. The number of benzene rings is 1. The minimum absolute atomic E-state index is 0.432. The number of nitrogens with one attached hydrogen (secondary N) is 1. The standard InChI is InChI=1S/C16H19F2N3/c1-4-6-19-16-10(3)15(20-14(5-2)21-16)11-7-12(17)9-13(18)8-11/h7-9H,4-6H2,1-3H3,(H,19,20,21). The van der Waals surface area contributed by atoms with Crippen LogP contribution in [0.2, 0.25) is 0 Å². The van der Waals surface area contributed by atoms with Gasteiger partial charge in [-0.25, -0.2) is 18.7 Å². The maximum Gasteiger partial charge on any atom is 0.133 e. The van der Waals surface area contributed by atoms with Crippen molar-refractivity contribution in [3.05, 3.63) is 41.2 Å². The average molecular weight is 291 g/mol. The van der Waals surface area contributed by atoms with E-state index in [1.165, 1.54) is 12.1 Å². The molecule has 112 valence electrons. The molecule has 0 bridgehead atoms. The molecule has 5 heteroatoms. The van der Waals surface area contributed by atoms with E-state index in [1.54, 1.807) is 0 Å². The summed E-state index contributed by atoms with van der Waals surface area (Å²) >= 11 is 0. The number of hydrogen-bond donors (Lipinski definition) is 1. The Balaban J connectivity index is 2.55. The predicted octanol–water partition coefficient (Wildman–Crippen LogP) is 4.11. The molecule has 1 aromatic heterocycles. The summed E-state index contributed by atoms with van der Waals surface area (Å²) in [6, 6.07) is 3.44. The van der Waals surface area contributed by atoms with Crippen LogP contribution in [0.25, 0.3) is 11.3 Å². The zero-order valence-corrected chi connectivity index (χ0v) is 12.5. The highest BCUT2D eigenvalue weighted by atomic mass is 19.1. The van der Waals surface area contributed by atoms with Gasteiger partial charge in [-0.05, 0) is 25.5 Å². The fourth-order valence-corrected chi connectivity index (χ4v) is 2.11. The molecule has 0 amide bonds. The van der Waals surface area contributed by atoms with Gasteiger partial charge in [-0.15, -0.1) is 0 Å². The van der Waals surface area contributed by atoms with Crippen molar-refractivity contribution < 1.29 is 8.78 Å². The second-order valence-corrected chi connectivity index (χ2v) is 4.90. The lowest BCUT2D eigenvalue weighted by molar-refractivity contribution is 0.584. The Labute approximate surface area is 123 Å². The fraction of sp³-hybridized carbons (Fsp3) is 0.375. The van der Waals surface area contributed by atoms with Gasteiger partial charge in [-0.3, -0.25) is 0 Å². The van der Waals surface area contributed by atoms with Crippen LogP contribution in [0.15, 0.2) is 18.2 Å². The molecule has 1 aromatic carbocycles. The van der Waals surface area contributed by atoms with E-state index in [0.29, 0.717) is 23.5 Å². The third-order valence-corrected chi connectivity index (χ3v) is 3.19. The van der Waals surface area contributed by atoms with Crippen LogP contribution in [0.3, 0.4) is 0 Å². The van der Waals surface area contributed by atoms with E-state index in [-0.39, 0.29) is 0 Å². The van der Waals surface area contributed by atoms with Crippen LogP contribution in [0.5, 0.6) is 0 Å². The number of aromatic nitrogens is 2. The van der Waals surface area contributed by atoms with E-state index in [9.17, 15) is 8.78 Å². The van der Waals surface area contributed by atoms with E-state index < -0.39 is 11.6 Å². The van der Waals surface area contributed by atoms with Crippen LogP contribution in [0.1, 0.15) is 31.7 Å². The lowest BCUT2D eigenvalue weighted by Crippen LogP contribution is -2.09. The number of anilines is 1. The Bertz CT molecular complexity index is 621. The monoisotopic (exact) mass is 291 g/mol. The van der Waals surface area contributed by atoms with Gasteiger partial charge < -0.3 is 5.32 Å². The Hall–Kier alpha value is -2.04. The molecule has 0 saturated carbocycles. The largest absolute Gasteiger partial charge is 0.370 e. The summed E-state index contributed by atoms with van der Waals surface area (Å²) < 4.78 is 26.9. The summed E-state index contributed by atoms with van der Waals surface area (Å²) in [5.74, 6) is 0.162. The van der Waals surface area contributed by atoms with Crippen molar-refractivity contribution in [2.75, 3.05) is 11.9 Å². The number of hydrogen-bond acceptors (Lipinski definition) is 3. The predicted molar refractivity (Wildman–Crippen MR) is 80.3 cm³/mol. The second kappa shape index (κ2) is 6.61. The summed E-state index contributed by atoms with van der Waals surface area (Å²) in [4.78, 5) is 8.88. The van der Waals surface area contributed by atoms with Gasteiger partial charge in [-0.1, -0.05) is 13.8 Å². The lowest BCUT2D eigenvalue weighted by atomic mass is 10.1. The van der Waals surface area contributed by atoms with Crippen molar-refractivity contribution in [2.45, 2.75) is 33.6 Å². The van der Waals surface area contributed by atoms with Crippen LogP contribution < -0.4 is 5.32 Å². The Morgan fingerprint density at radius 3 is 2.29 bits per heavy atom. The Morgan fingerprint density at radius 1 is 1.05 bits per heavy atom. The minimum Gasteiger partial charge on any atom is -0.370 e. The molecule has 0 aliphatic rings. The van der Waals surface area contributed by atoms with Crippen molar-refractivity contribution in [3.8, 4) is 11.3 Å². The summed E-state index contributed by atoms with van der Waals surface area (Å²) in [5, 5.41) is 3.24. The van der Waals surface area contributed by atoms with Gasteiger partial charge in [-0.2, -0.15) is 0 Å². The van der Waals surface area contributed by atoms with Crippen molar-refractivity contribution in [1.82, 2.24) is 9.97 Å². The third kappa shape index (κ3) is 3.54. The number of nitrogens with zero attached hydrogens (tertiary/aromatic N) is 2. The van der Waals surface area contributed by atoms with Gasteiger partial charge in [0, 0.05) is 30.2 Å². The zero-order valence-electron chi connectivity index (χ0n) is 12.5. The van der Waals surface area contributed by atoms with Crippen LogP contribution in [0, 0.1) is 18.6 Å². The molecule has 0 radical (unpaired) electrons. The summed E-state index contributed by atoms with van der Waals surface area (Å²) in [6.07, 6.45) is 1.63. The van der Waals surface area contributed by atoms with E-state index in [0.717, 1.165) is 30.4 Å². The quantitative estimate of drug-likeness (QED) is 0.900. The van der Waals surface area contributed by atoms with Crippen LogP contribution in [0.4, 0.5) is 14.6 Å². The second-order valence-electron chi connectivity index (χ2n) is 4.90. The molecule has 21 heavy (non-hydrogen) atoms. The van der Waals surface area contributed by atoms with Gasteiger partial charge in [0.05, 0.1) is 5.69 Å². The first-order chi connectivity index (χ1) is 10.0. The lowest BCUT2D eigenvalue weighted by Gasteiger charge is -2.13. The van der Waals surface area contributed by atoms with Gasteiger partial charge in [0.15, 0.2) is 0 Å². The van der Waals surface area contributed by atoms with Gasteiger partial charge in [0.1, 0.15) is 23.3 Å². The molecule has 0 fully saturated rings. The maximum absolute atomic E-state index is 13.4. The number of rotatable bonds is 5. The topological polar surface area (TPSA) is 37.8 Å².